The molecule has 5 nitrogen and oxygen atoms in total. The number of aryl methyl sites for hydroxylation is 1. The van der Waals surface area contributed by atoms with Crippen molar-refractivity contribution in [3.05, 3.63) is 66.2 Å². The number of nitrogens with one attached hydrogen (secondary N) is 1. The van der Waals surface area contributed by atoms with Crippen LogP contribution in [-0.2, 0) is 16.4 Å². The van der Waals surface area contributed by atoms with Gasteiger partial charge in [0.05, 0.1) is 10.6 Å². The molecule has 0 bridgehead atoms. The maximum atomic E-state index is 13.8. The van der Waals surface area contributed by atoms with E-state index in [-0.39, 0.29) is 12.4 Å². The average molecular weight is 444 g/mol. The minimum atomic E-state index is -3.65. The van der Waals surface area contributed by atoms with E-state index < -0.39 is 10.0 Å². The number of para-hydroxylation sites is 1. The molecule has 0 radical (unpaired) electrons. The smallest absolute Gasteiger partial charge is 0.264 e. The van der Waals surface area contributed by atoms with Crippen LogP contribution in [0, 0.1) is 0 Å². The van der Waals surface area contributed by atoms with E-state index in [4.69, 9.17) is 0 Å². The van der Waals surface area contributed by atoms with Crippen molar-refractivity contribution in [3.63, 3.8) is 0 Å². The molecule has 0 spiro atoms. The second-order valence-electron chi connectivity index (χ2n) is 7.67. The van der Waals surface area contributed by atoms with Crippen molar-refractivity contribution in [2.24, 2.45) is 0 Å². The van der Waals surface area contributed by atoms with Crippen LogP contribution >= 0.6 is 12.4 Å². The molecular weight excluding hydrogens is 418 g/mol. The fraction of sp³-hybridized carbons (Fsp3) is 0.304. The lowest BCUT2D eigenvalue weighted by atomic mass is 10.0. The summed E-state index contributed by atoms with van der Waals surface area (Å²) in [4.78, 5) is 2.73. The number of hydrogen-bond acceptors (Lipinski definition) is 4. The van der Waals surface area contributed by atoms with E-state index in [1.807, 2.05) is 54.6 Å². The molecule has 5 rings (SSSR count). The molecule has 2 aliphatic heterocycles. The Balaban J connectivity index is 0.00000218. The molecule has 0 atom stereocenters. The molecule has 2 heterocycles. The highest BCUT2D eigenvalue weighted by molar-refractivity contribution is 7.93. The number of benzene rings is 3. The molecule has 1 saturated heterocycles. The van der Waals surface area contributed by atoms with Crippen molar-refractivity contribution >= 4 is 44.6 Å². The van der Waals surface area contributed by atoms with Gasteiger partial charge in [0.2, 0.25) is 0 Å². The summed E-state index contributed by atoms with van der Waals surface area (Å²) in [6.45, 7) is 4.26. The third-order valence-corrected chi connectivity index (χ3v) is 7.83. The van der Waals surface area contributed by atoms with Crippen molar-refractivity contribution < 1.29 is 8.42 Å². The zero-order chi connectivity index (χ0) is 19.8. The Labute approximate surface area is 184 Å². The van der Waals surface area contributed by atoms with Gasteiger partial charge in [0.1, 0.15) is 0 Å². The summed E-state index contributed by atoms with van der Waals surface area (Å²) in [7, 11) is -3.65. The number of rotatable bonds is 3. The Morgan fingerprint density at radius 1 is 0.767 bits per heavy atom. The molecular formula is C23H26ClN3O2S. The number of halogens is 1. The van der Waals surface area contributed by atoms with Gasteiger partial charge in [-0.2, -0.15) is 0 Å². The minimum Gasteiger partial charge on any atom is -0.368 e. The third kappa shape index (κ3) is 3.53. The van der Waals surface area contributed by atoms with E-state index in [2.05, 4.69) is 10.2 Å². The SMILES string of the molecule is Cl.O=S(=O)(c1ccc(N2CCNCC2)c2ccccc12)N1CCCc2ccccc21. The monoisotopic (exact) mass is 443 g/mol. The molecule has 0 aromatic heterocycles. The van der Waals surface area contributed by atoms with E-state index in [0.717, 1.165) is 66.7 Å². The minimum absolute atomic E-state index is 0. The predicted octanol–water partition coefficient (Wildman–Crippen LogP) is 3.81. The quantitative estimate of drug-likeness (QED) is 0.668. The van der Waals surface area contributed by atoms with Gasteiger partial charge < -0.3 is 10.2 Å². The number of piperazine rings is 1. The molecule has 0 unspecified atom stereocenters. The highest BCUT2D eigenvalue weighted by Gasteiger charge is 2.30. The highest BCUT2D eigenvalue weighted by Crippen LogP contribution is 2.37. The second kappa shape index (κ2) is 8.46. The number of anilines is 2. The summed E-state index contributed by atoms with van der Waals surface area (Å²) in [5, 5.41) is 5.17. The Morgan fingerprint density at radius 3 is 2.27 bits per heavy atom. The van der Waals surface area contributed by atoms with Gasteiger partial charge in [0.15, 0.2) is 0 Å². The van der Waals surface area contributed by atoms with Crippen LogP contribution in [0.25, 0.3) is 10.8 Å². The van der Waals surface area contributed by atoms with Gasteiger partial charge in [0.25, 0.3) is 10.0 Å². The van der Waals surface area contributed by atoms with Gasteiger partial charge in [0, 0.05) is 49.2 Å². The predicted molar refractivity (Wildman–Crippen MR) is 126 cm³/mol. The number of nitrogens with zero attached hydrogens (tertiary/aromatic N) is 2. The van der Waals surface area contributed by atoms with E-state index in [0.29, 0.717) is 11.4 Å². The van der Waals surface area contributed by atoms with Crippen LogP contribution in [0.15, 0.2) is 65.6 Å². The largest absolute Gasteiger partial charge is 0.368 e. The first-order chi connectivity index (χ1) is 14.2. The highest BCUT2D eigenvalue weighted by atomic mass is 35.5. The Hall–Kier alpha value is -2.28. The lowest BCUT2D eigenvalue weighted by Crippen LogP contribution is -2.43. The molecule has 3 aromatic carbocycles. The molecule has 158 valence electrons. The van der Waals surface area contributed by atoms with Gasteiger partial charge in [-0.05, 0) is 36.6 Å². The Morgan fingerprint density at radius 2 is 1.47 bits per heavy atom. The molecule has 0 saturated carbocycles. The van der Waals surface area contributed by atoms with E-state index in [9.17, 15) is 8.42 Å². The first kappa shape index (κ1) is 21.0. The van der Waals surface area contributed by atoms with Crippen molar-refractivity contribution in [3.8, 4) is 0 Å². The number of hydrogen-bond donors (Lipinski definition) is 1. The average Bonchev–Trinajstić information content (AvgIpc) is 2.78. The van der Waals surface area contributed by atoms with Crippen LogP contribution in [0.2, 0.25) is 0 Å². The summed E-state index contributed by atoms with van der Waals surface area (Å²) in [5.41, 5.74) is 3.03. The summed E-state index contributed by atoms with van der Waals surface area (Å²) < 4.78 is 29.1. The summed E-state index contributed by atoms with van der Waals surface area (Å²) >= 11 is 0. The van der Waals surface area contributed by atoms with Crippen molar-refractivity contribution in [2.75, 3.05) is 41.9 Å². The van der Waals surface area contributed by atoms with E-state index >= 15 is 0 Å². The maximum Gasteiger partial charge on any atom is 0.264 e. The van der Waals surface area contributed by atoms with Crippen LogP contribution in [0.5, 0.6) is 0 Å². The third-order valence-electron chi connectivity index (χ3n) is 5.95. The Bertz CT molecular complexity index is 1160. The molecule has 0 amide bonds. The molecule has 3 aromatic rings. The van der Waals surface area contributed by atoms with E-state index in [1.165, 1.54) is 0 Å². The fourth-order valence-electron chi connectivity index (χ4n) is 4.53. The molecule has 2 aliphatic rings. The van der Waals surface area contributed by atoms with Gasteiger partial charge in [-0.3, -0.25) is 4.31 Å². The molecule has 1 N–H and O–H groups in total. The van der Waals surface area contributed by atoms with Crippen molar-refractivity contribution in [1.29, 1.82) is 0 Å². The Kier molecular flexibility index (Phi) is 5.91. The van der Waals surface area contributed by atoms with Gasteiger partial charge in [-0.1, -0.05) is 42.5 Å². The van der Waals surface area contributed by atoms with Gasteiger partial charge >= 0.3 is 0 Å². The number of fused-ring (bicyclic) bond motifs is 2. The standard InChI is InChI=1S/C23H25N3O2S.ClH/c27-29(28,26-15-5-7-18-6-1-4-10-21(18)26)23-12-11-22(25-16-13-24-14-17-25)19-8-2-3-9-20(19)23;/h1-4,6,8-12,24H,5,7,13-17H2;1H. The topological polar surface area (TPSA) is 52.7 Å². The van der Waals surface area contributed by atoms with Crippen LogP contribution in [0.3, 0.4) is 0 Å². The second-order valence-corrected chi connectivity index (χ2v) is 9.51. The molecule has 30 heavy (non-hydrogen) atoms. The molecule has 0 aliphatic carbocycles. The zero-order valence-electron chi connectivity index (χ0n) is 16.8. The first-order valence-electron chi connectivity index (χ1n) is 10.2. The van der Waals surface area contributed by atoms with Gasteiger partial charge in [-0.25, -0.2) is 8.42 Å². The maximum absolute atomic E-state index is 13.8. The molecule has 7 heteroatoms. The lowest BCUT2D eigenvalue weighted by molar-refractivity contribution is 0.586. The van der Waals surface area contributed by atoms with Crippen LogP contribution < -0.4 is 14.5 Å². The summed E-state index contributed by atoms with van der Waals surface area (Å²) in [6.07, 6.45) is 1.76. The lowest BCUT2D eigenvalue weighted by Gasteiger charge is -2.32. The summed E-state index contributed by atoms with van der Waals surface area (Å²) in [6, 6.07) is 19.5. The van der Waals surface area contributed by atoms with Gasteiger partial charge in [-0.15, -0.1) is 12.4 Å². The summed E-state index contributed by atoms with van der Waals surface area (Å²) in [5.74, 6) is 0. The van der Waals surface area contributed by atoms with Crippen molar-refractivity contribution in [1.82, 2.24) is 5.32 Å². The van der Waals surface area contributed by atoms with Crippen LogP contribution in [0.1, 0.15) is 12.0 Å². The van der Waals surface area contributed by atoms with Crippen LogP contribution in [-0.4, -0.2) is 41.1 Å². The zero-order valence-corrected chi connectivity index (χ0v) is 18.4. The fourth-order valence-corrected chi connectivity index (χ4v) is 6.27. The van der Waals surface area contributed by atoms with Crippen molar-refractivity contribution in [2.45, 2.75) is 17.7 Å². The number of sulfonamides is 1. The molecule has 1 fully saturated rings. The first-order valence-corrected chi connectivity index (χ1v) is 11.7. The van der Waals surface area contributed by atoms with E-state index in [1.54, 1.807) is 10.4 Å². The van der Waals surface area contributed by atoms with Crippen LogP contribution in [0.4, 0.5) is 11.4 Å². The normalized spacial score (nSPS) is 16.8.